The predicted octanol–water partition coefficient (Wildman–Crippen LogP) is 3.70. The number of para-hydroxylation sites is 1. The maximum Gasteiger partial charge on any atom is 0.317 e. The first-order valence-electron chi connectivity index (χ1n) is 8.66. The van der Waals surface area contributed by atoms with E-state index >= 15 is 0 Å². The molecule has 1 unspecified atom stereocenters. The van der Waals surface area contributed by atoms with Crippen LogP contribution in [-0.2, 0) is 11.2 Å². The number of hydrogen-bond donors (Lipinski definition) is 2. The zero-order chi connectivity index (χ0) is 19.2. The van der Waals surface area contributed by atoms with Crippen molar-refractivity contribution in [3.8, 4) is 0 Å². The highest BCUT2D eigenvalue weighted by Gasteiger charge is 2.21. The summed E-state index contributed by atoms with van der Waals surface area (Å²) in [5.41, 5.74) is 2.00. The number of thiazole rings is 1. The van der Waals surface area contributed by atoms with E-state index in [4.69, 9.17) is 5.11 Å². The molecule has 27 heavy (non-hydrogen) atoms. The van der Waals surface area contributed by atoms with Gasteiger partial charge in [-0.1, -0.05) is 42.5 Å². The number of rotatable bonds is 7. The third kappa shape index (κ3) is 5.04. The number of nitrogens with zero attached hydrogens (tertiary/aromatic N) is 2. The molecule has 0 aliphatic rings. The first-order valence-corrected chi connectivity index (χ1v) is 9.47. The van der Waals surface area contributed by atoms with Crippen molar-refractivity contribution >= 4 is 33.6 Å². The number of hydrogen-bond acceptors (Lipinski definition) is 4. The van der Waals surface area contributed by atoms with Crippen molar-refractivity contribution < 1.29 is 14.7 Å². The molecule has 7 heteroatoms. The summed E-state index contributed by atoms with van der Waals surface area (Å²) in [6, 6.07) is 17.2. The van der Waals surface area contributed by atoms with Crippen molar-refractivity contribution in [1.29, 1.82) is 0 Å². The van der Waals surface area contributed by atoms with Crippen molar-refractivity contribution in [3.05, 3.63) is 65.2 Å². The zero-order valence-corrected chi connectivity index (χ0v) is 15.8. The molecule has 0 bridgehead atoms. The van der Waals surface area contributed by atoms with Crippen LogP contribution in [0.5, 0.6) is 0 Å². The second-order valence-electron chi connectivity index (χ2n) is 6.28. The first kappa shape index (κ1) is 18.8. The van der Waals surface area contributed by atoms with E-state index in [0.29, 0.717) is 6.42 Å². The van der Waals surface area contributed by atoms with Crippen LogP contribution in [0.25, 0.3) is 10.2 Å². The van der Waals surface area contributed by atoms with E-state index in [1.807, 2.05) is 54.6 Å². The van der Waals surface area contributed by atoms with Gasteiger partial charge in [-0.2, -0.15) is 0 Å². The van der Waals surface area contributed by atoms with Crippen molar-refractivity contribution in [2.24, 2.45) is 0 Å². The van der Waals surface area contributed by atoms with E-state index in [1.54, 1.807) is 18.4 Å². The predicted molar refractivity (Wildman–Crippen MR) is 106 cm³/mol. The summed E-state index contributed by atoms with van der Waals surface area (Å²) in [5.74, 6) is -0.929. The van der Waals surface area contributed by atoms with E-state index in [-0.39, 0.29) is 25.0 Å². The van der Waals surface area contributed by atoms with Crippen molar-refractivity contribution in [3.63, 3.8) is 0 Å². The average molecular weight is 383 g/mol. The third-order valence-electron chi connectivity index (χ3n) is 4.20. The second kappa shape index (κ2) is 8.64. The number of carboxylic acid groups (broad SMARTS) is 1. The Morgan fingerprint density at radius 1 is 1.15 bits per heavy atom. The van der Waals surface area contributed by atoms with E-state index in [2.05, 4.69) is 10.3 Å². The number of carboxylic acids is 1. The van der Waals surface area contributed by atoms with Gasteiger partial charge < -0.3 is 15.3 Å². The van der Waals surface area contributed by atoms with Gasteiger partial charge >= 0.3 is 12.0 Å². The molecule has 3 aromatic rings. The summed E-state index contributed by atoms with van der Waals surface area (Å²) < 4.78 is 1.07. The topological polar surface area (TPSA) is 82.5 Å². The lowest BCUT2D eigenvalue weighted by Crippen LogP contribution is -2.40. The SMILES string of the molecule is CN(CCC(=O)O)C(=O)NC(Cc1ccccc1)c1nc2ccccc2s1. The number of aromatic nitrogens is 1. The molecule has 2 aromatic carbocycles. The highest BCUT2D eigenvalue weighted by molar-refractivity contribution is 7.18. The molecule has 0 saturated carbocycles. The van der Waals surface area contributed by atoms with Gasteiger partial charge in [0.25, 0.3) is 0 Å². The first-order chi connectivity index (χ1) is 13.0. The summed E-state index contributed by atoms with van der Waals surface area (Å²) in [6.45, 7) is 0.152. The van der Waals surface area contributed by atoms with Gasteiger partial charge in [0.05, 0.1) is 22.7 Å². The summed E-state index contributed by atoms with van der Waals surface area (Å²) in [4.78, 5) is 29.4. The van der Waals surface area contributed by atoms with Crippen LogP contribution in [0.3, 0.4) is 0 Å². The minimum absolute atomic E-state index is 0.0889. The number of benzene rings is 2. The summed E-state index contributed by atoms with van der Waals surface area (Å²) >= 11 is 1.56. The molecule has 0 spiro atoms. The van der Waals surface area contributed by atoms with Crippen molar-refractivity contribution in [2.45, 2.75) is 18.9 Å². The smallest absolute Gasteiger partial charge is 0.317 e. The van der Waals surface area contributed by atoms with E-state index in [1.165, 1.54) is 4.90 Å². The van der Waals surface area contributed by atoms with Crippen LogP contribution in [0.15, 0.2) is 54.6 Å². The Morgan fingerprint density at radius 2 is 1.85 bits per heavy atom. The van der Waals surface area contributed by atoms with Gasteiger partial charge in [-0.05, 0) is 24.1 Å². The quantitative estimate of drug-likeness (QED) is 0.652. The summed E-state index contributed by atoms with van der Waals surface area (Å²) in [7, 11) is 1.59. The highest BCUT2D eigenvalue weighted by atomic mass is 32.1. The van der Waals surface area contributed by atoms with Crippen LogP contribution in [-0.4, -0.2) is 40.6 Å². The molecule has 0 saturated heterocycles. The molecule has 0 fully saturated rings. The number of urea groups is 1. The molecular weight excluding hydrogens is 362 g/mol. The van der Waals surface area contributed by atoms with Gasteiger partial charge in [0.1, 0.15) is 5.01 Å². The Hall–Kier alpha value is -2.93. The normalized spacial score (nSPS) is 11.9. The van der Waals surface area contributed by atoms with E-state index in [9.17, 15) is 9.59 Å². The molecule has 2 N–H and O–H groups in total. The van der Waals surface area contributed by atoms with Gasteiger partial charge in [0, 0.05) is 13.6 Å². The highest BCUT2D eigenvalue weighted by Crippen LogP contribution is 2.28. The number of aliphatic carboxylic acids is 1. The Labute approximate surface area is 161 Å². The number of nitrogens with one attached hydrogen (secondary N) is 1. The fraction of sp³-hybridized carbons (Fsp3) is 0.250. The molecule has 1 heterocycles. The van der Waals surface area contributed by atoms with Crippen molar-refractivity contribution in [1.82, 2.24) is 15.2 Å². The largest absolute Gasteiger partial charge is 0.481 e. The Balaban J connectivity index is 1.81. The molecule has 0 radical (unpaired) electrons. The fourth-order valence-corrected chi connectivity index (χ4v) is 3.73. The molecule has 6 nitrogen and oxygen atoms in total. The molecule has 0 aliphatic heterocycles. The molecule has 2 amide bonds. The Bertz CT molecular complexity index is 893. The lowest BCUT2D eigenvalue weighted by Gasteiger charge is -2.22. The summed E-state index contributed by atoms with van der Waals surface area (Å²) in [6.07, 6.45) is 0.521. The van der Waals surface area contributed by atoms with Crippen LogP contribution >= 0.6 is 11.3 Å². The monoisotopic (exact) mass is 383 g/mol. The van der Waals surface area contributed by atoms with Gasteiger partial charge in [0.2, 0.25) is 0 Å². The summed E-state index contributed by atoms with van der Waals surface area (Å²) in [5, 5.41) is 12.7. The van der Waals surface area contributed by atoms with Crippen LogP contribution in [0.4, 0.5) is 4.79 Å². The lowest BCUT2D eigenvalue weighted by atomic mass is 10.1. The number of carbonyl (C=O) groups excluding carboxylic acids is 1. The van der Waals surface area contributed by atoms with Gasteiger partial charge in [-0.3, -0.25) is 4.79 Å². The van der Waals surface area contributed by atoms with E-state index in [0.717, 1.165) is 20.8 Å². The second-order valence-corrected chi connectivity index (χ2v) is 7.34. The standard InChI is InChI=1S/C20H21N3O3S/c1-23(12-11-18(24)25)20(26)22-16(13-14-7-3-2-4-8-14)19-21-15-9-5-6-10-17(15)27-19/h2-10,16H,11-13H2,1H3,(H,22,26)(H,24,25). The van der Waals surface area contributed by atoms with E-state index < -0.39 is 5.97 Å². The minimum atomic E-state index is -0.929. The molecule has 1 aromatic heterocycles. The van der Waals surface area contributed by atoms with Crippen LogP contribution < -0.4 is 5.32 Å². The molecule has 1 atom stereocenters. The van der Waals surface area contributed by atoms with Crippen LogP contribution in [0.1, 0.15) is 23.0 Å². The Kier molecular flexibility index (Phi) is 6.03. The minimum Gasteiger partial charge on any atom is -0.481 e. The average Bonchev–Trinajstić information content (AvgIpc) is 3.10. The van der Waals surface area contributed by atoms with Gasteiger partial charge in [-0.25, -0.2) is 9.78 Å². The molecular formula is C20H21N3O3S. The molecule has 140 valence electrons. The van der Waals surface area contributed by atoms with Gasteiger partial charge in [0.15, 0.2) is 0 Å². The van der Waals surface area contributed by atoms with Crippen molar-refractivity contribution in [2.75, 3.05) is 13.6 Å². The number of amides is 2. The fourth-order valence-electron chi connectivity index (χ4n) is 2.71. The lowest BCUT2D eigenvalue weighted by molar-refractivity contribution is -0.137. The molecule has 0 aliphatic carbocycles. The van der Waals surface area contributed by atoms with Crippen LogP contribution in [0.2, 0.25) is 0 Å². The number of fused-ring (bicyclic) bond motifs is 1. The maximum absolute atomic E-state index is 12.5. The Morgan fingerprint density at radius 3 is 2.56 bits per heavy atom. The van der Waals surface area contributed by atoms with Gasteiger partial charge in [-0.15, -0.1) is 11.3 Å². The third-order valence-corrected chi connectivity index (χ3v) is 5.35. The number of carbonyl (C=O) groups is 2. The molecule has 3 rings (SSSR count). The van der Waals surface area contributed by atoms with Crippen LogP contribution in [0, 0.1) is 0 Å². The zero-order valence-electron chi connectivity index (χ0n) is 15.0. The maximum atomic E-state index is 12.5.